The first-order valence-corrected chi connectivity index (χ1v) is 6.01. The molecule has 0 atom stereocenters. The number of hydrogen-bond acceptors (Lipinski definition) is 6. The molecule has 0 aliphatic heterocycles. The van der Waals surface area contributed by atoms with Gasteiger partial charge in [-0.15, -0.1) is 11.3 Å². The average Bonchev–Trinajstić information content (AvgIpc) is 2.79. The van der Waals surface area contributed by atoms with E-state index in [2.05, 4.69) is 15.0 Å². The predicted octanol–water partition coefficient (Wildman–Crippen LogP) is 2.09. The van der Waals surface area contributed by atoms with Gasteiger partial charge < -0.3 is 4.74 Å². The number of carbonyl (C=O) groups is 1. The molecule has 2 rings (SSSR count). The van der Waals surface area contributed by atoms with Gasteiger partial charge in [0.1, 0.15) is 11.4 Å². The summed E-state index contributed by atoms with van der Waals surface area (Å²) in [5, 5.41) is 2.12. The first-order chi connectivity index (χ1) is 8.22. The van der Waals surface area contributed by atoms with Crippen molar-refractivity contribution in [1.82, 2.24) is 15.0 Å². The highest BCUT2D eigenvalue weighted by Crippen LogP contribution is 2.22. The van der Waals surface area contributed by atoms with Crippen molar-refractivity contribution in [3.63, 3.8) is 0 Å². The molecule has 0 aliphatic rings. The summed E-state index contributed by atoms with van der Waals surface area (Å²) in [6, 6.07) is 0. The first kappa shape index (κ1) is 11.7. The standard InChI is InChI=1S/C11H11N3O2S/c1-3-16-11(15)10-14-8(6-17-10)9-7(2)12-4-5-13-9/h4-6H,3H2,1-2H3. The van der Waals surface area contributed by atoms with Crippen molar-refractivity contribution in [2.24, 2.45) is 0 Å². The zero-order valence-electron chi connectivity index (χ0n) is 9.51. The van der Waals surface area contributed by atoms with E-state index in [1.165, 1.54) is 11.3 Å². The third-order valence-corrected chi connectivity index (χ3v) is 2.90. The SMILES string of the molecule is CCOC(=O)c1nc(-c2nccnc2C)cs1. The molecule has 2 aromatic rings. The minimum Gasteiger partial charge on any atom is -0.461 e. The Kier molecular flexibility index (Phi) is 3.43. The number of aryl methyl sites for hydroxylation is 1. The second-order valence-electron chi connectivity index (χ2n) is 3.25. The van der Waals surface area contributed by atoms with Crippen molar-refractivity contribution in [3.8, 4) is 11.4 Å². The fourth-order valence-electron chi connectivity index (χ4n) is 1.33. The van der Waals surface area contributed by atoms with Crippen molar-refractivity contribution in [2.45, 2.75) is 13.8 Å². The van der Waals surface area contributed by atoms with Crippen LogP contribution in [0.25, 0.3) is 11.4 Å². The number of aromatic nitrogens is 3. The Morgan fingerprint density at radius 2 is 2.18 bits per heavy atom. The highest BCUT2D eigenvalue weighted by Gasteiger charge is 2.14. The summed E-state index contributed by atoms with van der Waals surface area (Å²) in [6.07, 6.45) is 3.23. The zero-order chi connectivity index (χ0) is 12.3. The third-order valence-electron chi connectivity index (χ3n) is 2.08. The Hall–Kier alpha value is -1.82. The van der Waals surface area contributed by atoms with Crippen LogP contribution in [-0.2, 0) is 4.74 Å². The summed E-state index contributed by atoms with van der Waals surface area (Å²) in [5.74, 6) is -0.398. The number of rotatable bonds is 3. The average molecular weight is 249 g/mol. The van der Waals surface area contributed by atoms with Gasteiger partial charge in [-0.05, 0) is 13.8 Å². The van der Waals surface area contributed by atoms with E-state index in [0.717, 1.165) is 5.69 Å². The summed E-state index contributed by atoms with van der Waals surface area (Å²) in [7, 11) is 0. The van der Waals surface area contributed by atoms with E-state index < -0.39 is 5.97 Å². The topological polar surface area (TPSA) is 65.0 Å². The van der Waals surface area contributed by atoms with Crippen molar-refractivity contribution in [3.05, 3.63) is 28.5 Å². The van der Waals surface area contributed by atoms with Gasteiger partial charge in [0.05, 0.1) is 12.3 Å². The molecule has 0 amide bonds. The van der Waals surface area contributed by atoms with Crippen molar-refractivity contribution in [1.29, 1.82) is 0 Å². The molecule has 0 aliphatic carbocycles. The summed E-state index contributed by atoms with van der Waals surface area (Å²) >= 11 is 1.25. The van der Waals surface area contributed by atoms with Crippen molar-refractivity contribution >= 4 is 17.3 Å². The number of ether oxygens (including phenoxy) is 1. The minimum absolute atomic E-state index is 0.340. The third kappa shape index (κ3) is 2.47. The fourth-order valence-corrected chi connectivity index (χ4v) is 2.02. The molecule has 17 heavy (non-hydrogen) atoms. The minimum atomic E-state index is -0.398. The molecular weight excluding hydrogens is 238 g/mol. The maximum atomic E-state index is 11.5. The van der Waals surface area contributed by atoms with Gasteiger partial charge in [-0.1, -0.05) is 0 Å². The maximum absolute atomic E-state index is 11.5. The van der Waals surface area contributed by atoms with Crippen LogP contribution in [0.15, 0.2) is 17.8 Å². The van der Waals surface area contributed by atoms with Crippen LogP contribution in [0.5, 0.6) is 0 Å². The number of thiazole rings is 1. The molecule has 88 valence electrons. The van der Waals surface area contributed by atoms with Crippen LogP contribution in [0.1, 0.15) is 22.4 Å². The van der Waals surface area contributed by atoms with E-state index in [1.54, 1.807) is 24.7 Å². The van der Waals surface area contributed by atoms with Crippen LogP contribution in [0, 0.1) is 6.92 Å². The van der Waals surface area contributed by atoms with Crippen LogP contribution < -0.4 is 0 Å². The molecule has 0 spiro atoms. The lowest BCUT2D eigenvalue weighted by atomic mass is 10.3. The molecule has 2 aromatic heterocycles. The Labute approximate surface area is 103 Å². The highest BCUT2D eigenvalue weighted by atomic mass is 32.1. The summed E-state index contributed by atoms with van der Waals surface area (Å²) in [4.78, 5) is 24.0. The molecule has 6 heteroatoms. The lowest BCUT2D eigenvalue weighted by molar-refractivity contribution is 0.0526. The molecule has 0 radical (unpaired) electrons. The fraction of sp³-hybridized carbons (Fsp3) is 0.273. The number of nitrogens with zero attached hydrogens (tertiary/aromatic N) is 3. The largest absolute Gasteiger partial charge is 0.461 e. The van der Waals surface area contributed by atoms with Crippen LogP contribution in [0.3, 0.4) is 0 Å². The second-order valence-corrected chi connectivity index (χ2v) is 4.11. The molecule has 0 N–H and O–H groups in total. The Morgan fingerprint density at radius 3 is 2.88 bits per heavy atom. The van der Waals surface area contributed by atoms with E-state index >= 15 is 0 Å². The summed E-state index contributed by atoms with van der Waals surface area (Å²) in [6.45, 7) is 3.96. The van der Waals surface area contributed by atoms with Gasteiger partial charge in [-0.25, -0.2) is 9.78 Å². The zero-order valence-corrected chi connectivity index (χ0v) is 10.3. The lowest BCUT2D eigenvalue weighted by Gasteiger charge is -1.98. The van der Waals surface area contributed by atoms with E-state index in [9.17, 15) is 4.79 Å². The van der Waals surface area contributed by atoms with Crippen LogP contribution >= 0.6 is 11.3 Å². The molecule has 0 fully saturated rings. The predicted molar refractivity (Wildman–Crippen MR) is 63.8 cm³/mol. The molecule has 0 aromatic carbocycles. The number of esters is 1. The molecule has 0 unspecified atom stereocenters. The van der Waals surface area contributed by atoms with Gasteiger partial charge in [0.25, 0.3) is 0 Å². The molecular formula is C11H11N3O2S. The van der Waals surface area contributed by atoms with Gasteiger partial charge in [-0.3, -0.25) is 9.97 Å². The summed E-state index contributed by atoms with van der Waals surface area (Å²) in [5.41, 5.74) is 2.14. The van der Waals surface area contributed by atoms with Crippen LogP contribution in [0.2, 0.25) is 0 Å². The first-order valence-electron chi connectivity index (χ1n) is 5.13. The van der Waals surface area contributed by atoms with Crippen molar-refractivity contribution in [2.75, 3.05) is 6.61 Å². The maximum Gasteiger partial charge on any atom is 0.367 e. The normalized spacial score (nSPS) is 10.2. The van der Waals surface area contributed by atoms with E-state index in [4.69, 9.17) is 4.74 Å². The highest BCUT2D eigenvalue weighted by molar-refractivity contribution is 7.11. The van der Waals surface area contributed by atoms with Gasteiger partial charge >= 0.3 is 5.97 Å². The Balaban J connectivity index is 2.30. The van der Waals surface area contributed by atoms with Crippen molar-refractivity contribution < 1.29 is 9.53 Å². The second kappa shape index (κ2) is 5.01. The van der Waals surface area contributed by atoms with Crippen LogP contribution in [0.4, 0.5) is 0 Å². The van der Waals surface area contributed by atoms with Gasteiger partial charge in [0, 0.05) is 17.8 Å². The lowest BCUT2D eigenvalue weighted by Crippen LogP contribution is -2.04. The summed E-state index contributed by atoms with van der Waals surface area (Å²) < 4.78 is 4.88. The van der Waals surface area contributed by atoms with E-state index in [-0.39, 0.29) is 0 Å². The van der Waals surface area contributed by atoms with Gasteiger partial charge in [-0.2, -0.15) is 0 Å². The molecule has 0 saturated heterocycles. The number of hydrogen-bond donors (Lipinski definition) is 0. The molecule has 2 heterocycles. The monoisotopic (exact) mass is 249 g/mol. The molecule has 0 saturated carbocycles. The molecule has 0 bridgehead atoms. The number of carbonyl (C=O) groups excluding carboxylic acids is 1. The van der Waals surface area contributed by atoms with E-state index in [1.807, 2.05) is 6.92 Å². The molecule has 5 nitrogen and oxygen atoms in total. The van der Waals surface area contributed by atoms with E-state index in [0.29, 0.717) is 23.0 Å². The quantitative estimate of drug-likeness (QED) is 0.779. The Bertz CT molecular complexity index is 539. The van der Waals surface area contributed by atoms with Gasteiger partial charge in [0.2, 0.25) is 5.01 Å². The smallest absolute Gasteiger partial charge is 0.367 e. The Morgan fingerprint density at radius 1 is 1.41 bits per heavy atom. The van der Waals surface area contributed by atoms with Crippen LogP contribution in [-0.4, -0.2) is 27.5 Å². The van der Waals surface area contributed by atoms with Gasteiger partial charge in [0.15, 0.2) is 0 Å².